The number of thiol groups is 1. The van der Waals surface area contributed by atoms with E-state index >= 15 is 0 Å². The van der Waals surface area contributed by atoms with Crippen LogP contribution in [0.5, 0.6) is 0 Å². The third-order valence-corrected chi connectivity index (χ3v) is 4.22. The van der Waals surface area contributed by atoms with Gasteiger partial charge in [-0.2, -0.15) is 0 Å². The number of carbonyl (C=O) groups is 1. The molecule has 0 spiro atoms. The summed E-state index contributed by atoms with van der Waals surface area (Å²) in [6.45, 7) is 0.168. The zero-order valence-electron chi connectivity index (χ0n) is 10.1. The minimum absolute atomic E-state index is 0.0482. The van der Waals surface area contributed by atoms with Crippen LogP contribution >= 0.6 is 28.6 Å². The van der Waals surface area contributed by atoms with Gasteiger partial charge in [0, 0.05) is 29.2 Å². The summed E-state index contributed by atoms with van der Waals surface area (Å²) in [5.41, 5.74) is 0.471. The first-order valence-corrected chi connectivity index (χ1v) is 8.42. The number of sulfone groups is 1. The third-order valence-electron chi connectivity index (χ3n) is 2.32. The standard InChI is InChI=1S/C11H14BrNO3S2/c1-13(5-6-18(2,15)16)11(14)9-7-8(17)3-4-10(9)12/h3-4,7,17H,5-6H2,1-2H3. The van der Waals surface area contributed by atoms with E-state index in [1.165, 1.54) is 4.90 Å². The molecule has 0 aliphatic carbocycles. The SMILES string of the molecule is CN(CCS(C)(=O)=O)C(=O)c1cc(S)ccc1Br. The van der Waals surface area contributed by atoms with Crippen molar-refractivity contribution in [2.45, 2.75) is 4.90 Å². The summed E-state index contributed by atoms with van der Waals surface area (Å²) in [4.78, 5) is 14.2. The molecule has 0 heterocycles. The molecule has 0 saturated heterocycles. The molecule has 0 aliphatic rings. The molecule has 0 unspecified atom stereocenters. The van der Waals surface area contributed by atoms with E-state index in [0.717, 1.165) is 6.26 Å². The molecular weight excluding hydrogens is 338 g/mol. The van der Waals surface area contributed by atoms with Crippen LogP contribution in [0.3, 0.4) is 0 Å². The summed E-state index contributed by atoms with van der Waals surface area (Å²) in [7, 11) is -1.50. The van der Waals surface area contributed by atoms with Gasteiger partial charge in [-0.15, -0.1) is 12.6 Å². The van der Waals surface area contributed by atoms with Crippen LogP contribution in [-0.4, -0.2) is 44.8 Å². The molecule has 0 fully saturated rings. The molecule has 0 aromatic heterocycles. The number of benzene rings is 1. The largest absolute Gasteiger partial charge is 0.341 e. The fourth-order valence-electron chi connectivity index (χ4n) is 1.29. The highest BCUT2D eigenvalue weighted by Gasteiger charge is 2.16. The number of halogens is 1. The Morgan fingerprint density at radius 2 is 2.06 bits per heavy atom. The van der Waals surface area contributed by atoms with Crippen LogP contribution in [0, 0.1) is 0 Å². The van der Waals surface area contributed by atoms with Crippen LogP contribution < -0.4 is 0 Å². The van der Waals surface area contributed by atoms with Gasteiger partial charge in [0.15, 0.2) is 0 Å². The van der Waals surface area contributed by atoms with Crippen LogP contribution in [-0.2, 0) is 9.84 Å². The van der Waals surface area contributed by atoms with E-state index in [4.69, 9.17) is 0 Å². The zero-order chi connectivity index (χ0) is 13.9. The molecule has 100 valence electrons. The first-order valence-electron chi connectivity index (χ1n) is 5.12. The summed E-state index contributed by atoms with van der Waals surface area (Å²) in [5.74, 6) is -0.283. The highest BCUT2D eigenvalue weighted by Crippen LogP contribution is 2.21. The lowest BCUT2D eigenvalue weighted by atomic mass is 10.2. The Balaban J connectivity index is 2.83. The Kier molecular flexibility index (Phi) is 5.24. The molecule has 4 nitrogen and oxygen atoms in total. The first-order chi connectivity index (χ1) is 8.20. The summed E-state index contributed by atoms with van der Waals surface area (Å²) in [6.07, 6.45) is 1.15. The average Bonchev–Trinajstić information content (AvgIpc) is 2.27. The normalized spacial score (nSPS) is 11.3. The van der Waals surface area contributed by atoms with Crippen LogP contribution in [0.25, 0.3) is 0 Å². The van der Waals surface area contributed by atoms with Crippen molar-refractivity contribution in [3.63, 3.8) is 0 Å². The van der Waals surface area contributed by atoms with Crippen LogP contribution in [0.1, 0.15) is 10.4 Å². The minimum atomic E-state index is -3.07. The fourth-order valence-corrected chi connectivity index (χ4v) is 2.51. The maximum atomic E-state index is 12.1. The van der Waals surface area contributed by atoms with Crippen molar-refractivity contribution >= 4 is 44.3 Å². The van der Waals surface area contributed by atoms with E-state index in [1.54, 1.807) is 25.2 Å². The van der Waals surface area contributed by atoms with Gasteiger partial charge in [-0.1, -0.05) is 0 Å². The molecule has 1 aromatic carbocycles. The number of rotatable bonds is 4. The highest BCUT2D eigenvalue weighted by molar-refractivity contribution is 9.10. The van der Waals surface area contributed by atoms with Gasteiger partial charge in [0.05, 0.1) is 11.3 Å². The highest BCUT2D eigenvalue weighted by atomic mass is 79.9. The van der Waals surface area contributed by atoms with E-state index in [1.807, 2.05) is 0 Å². The van der Waals surface area contributed by atoms with Crippen molar-refractivity contribution in [2.75, 3.05) is 25.6 Å². The minimum Gasteiger partial charge on any atom is -0.341 e. The molecule has 0 atom stereocenters. The van der Waals surface area contributed by atoms with Gasteiger partial charge in [-0.3, -0.25) is 4.79 Å². The number of nitrogens with zero attached hydrogens (tertiary/aromatic N) is 1. The van der Waals surface area contributed by atoms with Gasteiger partial charge in [-0.05, 0) is 34.1 Å². The zero-order valence-corrected chi connectivity index (χ0v) is 13.3. The predicted octanol–water partition coefficient (Wildman–Crippen LogP) is 1.85. The van der Waals surface area contributed by atoms with Crippen molar-refractivity contribution in [2.24, 2.45) is 0 Å². The molecule has 0 aliphatic heterocycles. The van der Waals surface area contributed by atoms with Gasteiger partial charge in [-0.25, -0.2) is 8.42 Å². The molecule has 1 rings (SSSR count). The van der Waals surface area contributed by atoms with Crippen LogP contribution in [0.2, 0.25) is 0 Å². The molecule has 7 heteroatoms. The lowest BCUT2D eigenvalue weighted by Gasteiger charge is -2.17. The van der Waals surface area contributed by atoms with Crippen LogP contribution in [0.15, 0.2) is 27.6 Å². The average molecular weight is 352 g/mol. The number of carbonyl (C=O) groups excluding carboxylic acids is 1. The molecule has 0 N–H and O–H groups in total. The topological polar surface area (TPSA) is 54.5 Å². The summed E-state index contributed by atoms with van der Waals surface area (Å²) >= 11 is 7.47. The van der Waals surface area contributed by atoms with Gasteiger partial charge < -0.3 is 4.90 Å². The lowest BCUT2D eigenvalue weighted by molar-refractivity contribution is 0.0802. The van der Waals surface area contributed by atoms with E-state index in [0.29, 0.717) is 14.9 Å². The molecule has 1 aromatic rings. The number of amides is 1. The smallest absolute Gasteiger partial charge is 0.254 e. The Morgan fingerprint density at radius 1 is 1.44 bits per heavy atom. The molecule has 1 amide bonds. The van der Waals surface area contributed by atoms with Gasteiger partial charge in [0.1, 0.15) is 9.84 Å². The number of hydrogen-bond acceptors (Lipinski definition) is 4. The second kappa shape index (κ2) is 6.08. The fraction of sp³-hybridized carbons (Fsp3) is 0.364. The Bertz CT molecular complexity index is 557. The van der Waals surface area contributed by atoms with Crippen molar-refractivity contribution in [3.8, 4) is 0 Å². The number of hydrogen-bond donors (Lipinski definition) is 1. The van der Waals surface area contributed by atoms with Crippen LogP contribution in [0.4, 0.5) is 0 Å². The van der Waals surface area contributed by atoms with Gasteiger partial charge in [0.25, 0.3) is 5.91 Å². The Labute approximate surface area is 121 Å². The Morgan fingerprint density at radius 3 is 2.61 bits per heavy atom. The Hall–Kier alpha value is -0.530. The monoisotopic (exact) mass is 351 g/mol. The molecule has 18 heavy (non-hydrogen) atoms. The molecule has 0 bridgehead atoms. The van der Waals surface area contributed by atoms with E-state index in [-0.39, 0.29) is 18.2 Å². The second-order valence-electron chi connectivity index (χ2n) is 4.02. The van der Waals surface area contributed by atoms with E-state index in [9.17, 15) is 13.2 Å². The second-order valence-corrected chi connectivity index (χ2v) is 7.65. The predicted molar refractivity (Wildman–Crippen MR) is 78.1 cm³/mol. The van der Waals surface area contributed by atoms with E-state index in [2.05, 4.69) is 28.6 Å². The van der Waals surface area contributed by atoms with E-state index < -0.39 is 9.84 Å². The maximum Gasteiger partial charge on any atom is 0.254 e. The summed E-state index contributed by atoms with van der Waals surface area (Å²) in [5, 5.41) is 0. The van der Waals surface area contributed by atoms with Gasteiger partial charge in [0.2, 0.25) is 0 Å². The quantitative estimate of drug-likeness (QED) is 0.842. The summed E-state index contributed by atoms with van der Waals surface area (Å²) in [6, 6.07) is 5.15. The van der Waals surface area contributed by atoms with Crippen molar-refractivity contribution in [1.29, 1.82) is 0 Å². The van der Waals surface area contributed by atoms with Crippen molar-refractivity contribution in [3.05, 3.63) is 28.2 Å². The molecule has 0 radical (unpaired) electrons. The maximum absolute atomic E-state index is 12.1. The molecule has 0 saturated carbocycles. The molecular formula is C11H14BrNO3S2. The lowest BCUT2D eigenvalue weighted by Crippen LogP contribution is -2.31. The first kappa shape index (κ1) is 15.5. The van der Waals surface area contributed by atoms with Gasteiger partial charge >= 0.3 is 0 Å². The van der Waals surface area contributed by atoms with Crippen molar-refractivity contribution < 1.29 is 13.2 Å². The van der Waals surface area contributed by atoms with Crippen molar-refractivity contribution in [1.82, 2.24) is 4.90 Å². The summed E-state index contributed by atoms with van der Waals surface area (Å²) < 4.78 is 22.8. The third kappa shape index (κ3) is 4.62.